The van der Waals surface area contributed by atoms with Gasteiger partial charge in [-0.25, -0.2) is 0 Å². The van der Waals surface area contributed by atoms with Gasteiger partial charge in [-0.2, -0.15) is 0 Å². The molecule has 4 nitrogen and oxygen atoms in total. The van der Waals surface area contributed by atoms with E-state index >= 15 is 0 Å². The Hall–Kier alpha value is -1.29. The molecular weight excluding hydrogens is 230 g/mol. The minimum absolute atomic E-state index is 0.0349. The van der Waals surface area contributed by atoms with Crippen molar-refractivity contribution in [2.75, 3.05) is 6.61 Å². The van der Waals surface area contributed by atoms with Gasteiger partial charge in [0.15, 0.2) is 0 Å². The first-order chi connectivity index (χ1) is 8.37. The molecule has 0 aliphatic carbocycles. The largest absolute Gasteiger partial charge is 0.480 e. The number of aliphatic carboxylic acids is 1. The number of nitrogens with zero attached hydrogens (tertiary/aromatic N) is 1. The smallest absolute Gasteiger partial charge is 0.323 e. The average Bonchev–Trinajstić information content (AvgIpc) is 2.62. The first-order valence-corrected chi connectivity index (χ1v) is 6.37. The second kappa shape index (κ2) is 6.59. The van der Waals surface area contributed by atoms with Crippen LogP contribution >= 0.6 is 0 Å². The predicted octanol–water partition coefficient (Wildman–Crippen LogP) is 2.71. The zero-order chi connectivity index (χ0) is 13.6. The monoisotopic (exact) mass is 253 g/mol. The molecule has 1 heterocycles. The summed E-state index contributed by atoms with van der Waals surface area (Å²) in [6, 6.07) is 1.98. The highest BCUT2D eigenvalue weighted by atomic mass is 16.5. The minimum Gasteiger partial charge on any atom is -0.480 e. The second-order valence-electron chi connectivity index (χ2n) is 5.50. The first kappa shape index (κ1) is 14.8. The third-order valence-corrected chi connectivity index (χ3v) is 2.52. The fourth-order valence-electron chi connectivity index (χ4n) is 1.70. The van der Waals surface area contributed by atoms with Crippen LogP contribution in [-0.2, 0) is 22.5 Å². The number of hydrogen-bond acceptors (Lipinski definition) is 2. The SMILES string of the molecule is CC(C)(C)OCCCCc1ccn(CC(=O)O)c1. The number of carboxylic acids is 1. The maximum atomic E-state index is 10.5. The van der Waals surface area contributed by atoms with E-state index in [9.17, 15) is 4.79 Å². The van der Waals surface area contributed by atoms with Crippen LogP contribution in [0.5, 0.6) is 0 Å². The van der Waals surface area contributed by atoms with E-state index in [1.54, 1.807) is 4.57 Å². The lowest BCUT2D eigenvalue weighted by molar-refractivity contribution is -0.137. The number of aromatic nitrogens is 1. The maximum Gasteiger partial charge on any atom is 0.323 e. The van der Waals surface area contributed by atoms with Gasteiger partial charge in [0.25, 0.3) is 0 Å². The van der Waals surface area contributed by atoms with Gasteiger partial charge >= 0.3 is 5.97 Å². The summed E-state index contributed by atoms with van der Waals surface area (Å²) in [6.45, 7) is 6.98. The summed E-state index contributed by atoms with van der Waals surface area (Å²) in [7, 11) is 0. The Morgan fingerprint density at radius 1 is 1.39 bits per heavy atom. The fraction of sp³-hybridized carbons (Fsp3) is 0.643. The molecule has 4 heteroatoms. The Bertz CT molecular complexity index is 377. The van der Waals surface area contributed by atoms with Crippen molar-refractivity contribution in [3.8, 4) is 0 Å². The summed E-state index contributed by atoms with van der Waals surface area (Å²) in [5.74, 6) is -0.810. The molecule has 1 N–H and O–H groups in total. The third-order valence-electron chi connectivity index (χ3n) is 2.52. The molecule has 0 radical (unpaired) electrons. The Balaban J connectivity index is 2.19. The minimum atomic E-state index is -0.810. The van der Waals surface area contributed by atoms with E-state index in [0.29, 0.717) is 0 Å². The van der Waals surface area contributed by atoms with Crippen molar-refractivity contribution >= 4 is 5.97 Å². The van der Waals surface area contributed by atoms with Crippen molar-refractivity contribution in [1.29, 1.82) is 0 Å². The van der Waals surface area contributed by atoms with Crippen LogP contribution in [0.2, 0.25) is 0 Å². The molecule has 0 saturated carbocycles. The third kappa shape index (κ3) is 6.45. The predicted molar refractivity (Wildman–Crippen MR) is 70.7 cm³/mol. The highest BCUT2D eigenvalue weighted by molar-refractivity contribution is 5.66. The topological polar surface area (TPSA) is 51.5 Å². The molecule has 0 atom stereocenters. The molecule has 0 amide bonds. The van der Waals surface area contributed by atoms with Gasteiger partial charge < -0.3 is 14.4 Å². The summed E-state index contributed by atoms with van der Waals surface area (Å²) >= 11 is 0. The Morgan fingerprint density at radius 2 is 2.11 bits per heavy atom. The van der Waals surface area contributed by atoms with Gasteiger partial charge in [-0.15, -0.1) is 0 Å². The summed E-state index contributed by atoms with van der Waals surface area (Å²) in [5.41, 5.74) is 1.12. The van der Waals surface area contributed by atoms with Crippen molar-refractivity contribution in [1.82, 2.24) is 4.57 Å². The van der Waals surface area contributed by atoms with Gasteiger partial charge in [-0.05, 0) is 51.7 Å². The van der Waals surface area contributed by atoms with Crippen LogP contribution in [0.3, 0.4) is 0 Å². The molecule has 0 aromatic carbocycles. The van der Waals surface area contributed by atoms with Gasteiger partial charge in [0.2, 0.25) is 0 Å². The van der Waals surface area contributed by atoms with E-state index in [0.717, 1.165) is 25.9 Å². The second-order valence-corrected chi connectivity index (χ2v) is 5.50. The van der Waals surface area contributed by atoms with Crippen molar-refractivity contribution < 1.29 is 14.6 Å². The molecule has 0 aliphatic rings. The molecule has 0 bridgehead atoms. The molecule has 0 saturated heterocycles. The van der Waals surface area contributed by atoms with E-state index in [1.165, 1.54) is 5.56 Å². The zero-order valence-corrected chi connectivity index (χ0v) is 11.5. The standard InChI is InChI=1S/C14H23NO3/c1-14(2,3)18-9-5-4-6-12-7-8-15(10-12)11-13(16)17/h7-8,10H,4-6,9,11H2,1-3H3,(H,16,17). The van der Waals surface area contributed by atoms with Crippen LogP contribution in [-0.4, -0.2) is 27.9 Å². The number of carboxylic acid groups (broad SMARTS) is 1. The molecule has 0 spiro atoms. The molecular formula is C14H23NO3. The van der Waals surface area contributed by atoms with Crippen LogP contribution in [0.15, 0.2) is 18.5 Å². The Morgan fingerprint density at radius 3 is 2.72 bits per heavy atom. The van der Waals surface area contributed by atoms with Gasteiger partial charge in [-0.3, -0.25) is 4.79 Å². The number of unbranched alkanes of at least 4 members (excludes halogenated alkanes) is 1. The molecule has 0 aliphatic heterocycles. The van der Waals surface area contributed by atoms with E-state index in [-0.39, 0.29) is 12.1 Å². The molecule has 18 heavy (non-hydrogen) atoms. The van der Waals surface area contributed by atoms with Crippen molar-refractivity contribution in [2.45, 2.75) is 52.2 Å². The number of hydrogen-bond donors (Lipinski definition) is 1. The maximum absolute atomic E-state index is 10.5. The normalized spacial score (nSPS) is 11.7. The van der Waals surface area contributed by atoms with Crippen LogP contribution in [0.4, 0.5) is 0 Å². The molecule has 0 unspecified atom stereocenters. The molecule has 1 aromatic heterocycles. The fourth-order valence-corrected chi connectivity index (χ4v) is 1.70. The Kier molecular flexibility index (Phi) is 5.41. The lowest BCUT2D eigenvalue weighted by atomic mass is 10.1. The Labute approximate surface area is 109 Å². The molecule has 102 valence electrons. The zero-order valence-electron chi connectivity index (χ0n) is 11.5. The molecule has 1 rings (SSSR count). The first-order valence-electron chi connectivity index (χ1n) is 6.37. The number of rotatable bonds is 7. The number of aryl methyl sites for hydroxylation is 1. The number of ether oxygens (including phenoxy) is 1. The van der Waals surface area contributed by atoms with E-state index in [1.807, 2.05) is 18.5 Å². The summed E-state index contributed by atoms with van der Waals surface area (Å²) < 4.78 is 7.34. The van der Waals surface area contributed by atoms with E-state index < -0.39 is 5.97 Å². The van der Waals surface area contributed by atoms with Gasteiger partial charge in [-0.1, -0.05) is 0 Å². The molecule has 1 aromatic rings. The van der Waals surface area contributed by atoms with Crippen LogP contribution in [0.1, 0.15) is 39.2 Å². The summed E-state index contributed by atoms with van der Waals surface area (Å²) in [4.78, 5) is 10.5. The highest BCUT2D eigenvalue weighted by Crippen LogP contribution is 2.10. The van der Waals surface area contributed by atoms with Crippen molar-refractivity contribution in [3.05, 3.63) is 24.0 Å². The van der Waals surface area contributed by atoms with Crippen LogP contribution in [0.25, 0.3) is 0 Å². The number of carbonyl (C=O) groups is 1. The summed E-state index contributed by atoms with van der Waals surface area (Å²) in [5, 5.41) is 8.66. The van der Waals surface area contributed by atoms with Crippen molar-refractivity contribution in [3.63, 3.8) is 0 Å². The van der Waals surface area contributed by atoms with Gasteiger partial charge in [0, 0.05) is 19.0 Å². The average molecular weight is 253 g/mol. The lowest BCUT2D eigenvalue weighted by Crippen LogP contribution is -2.19. The van der Waals surface area contributed by atoms with Gasteiger partial charge in [0.1, 0.15) is 6.54 Å². The quantitative estimate of drug-likeness (QED) is 0.760. The lowest BCUT2D eigenvalue weighted by Gasteiger charge is -2.19. The van der Waals surface area contributed by atoms with Gasteiger partial charge in [0.05, 0.1) is 5.60 Å². The van der Waals surface area contributed by atoms with E-state index in [2.05, 4.69) is 20.8 Å². The summed E-state index contributed by atoms with van der Waals surface area (Å²) in [6.07, 6.45) is 6.78. The highest BCUT2D eigenvalue weighted by Gasteiger charge is 2.08. The van der Waals surface area contributed by atoms with Crippen LogP contribution < -0.4 is 0 Å². The molecule has 0 fully saturated rings. The van der Waals surface area contributed by atoms with Crippen LogP contribution in [0, 0.1) is 0 Å². The van der Waals surface area contributed by atoms with Crippen molar-refractivity contribution in [2.24, 2.45) is 0 Å². The van der Waals surface area contributed by atoms with E-state index in [4.69, 9.17) is 9.84 Å².